The van der Waals surface area contributed by atoms with Gasteiger partial charge in [0.05, 0.1) is 17.2 Å². The van der Waals surface area contributed by atoms with E-state index in [9.17, 15) is 26.3 Å². The molecule has 0 unspecified atom stereocenters. The van der Waals surface area contributed by atoms with Gasteiger partial charge in [-0.15, -0.1) is 0 Å². The zero-order valence-electron chi connectivity index (χ0n) is 11.7. The molecule has 124 valence electrons. The highest BCUT2D eigenvalue weighted by atomic mass is 19.4. The number of pyridine rings is 1. The fourth-order valence-electron chi connectivity index (χ4n) is 2.51. The Morgan fingerprint density at radius 2 is 1.73 bits per heavy atom. The number of rotatable bonds is 2. The van der Waals surface area contributed by atoms with Gasteiger partial charge in [0.25, 0.3) is 0 Å². The molecule has 0 radical (unpaired) electrons. The SMILES string of the molecule is CNc1cc(N2CCC(C(F)(F)F)CC2)c(C(F)(F)F)cn1. The van der Waals surface area contributed by atoms with Gasteiger partial charge in [0.1, 0.15) is 5.82 Å². The van der Waals surface area contributed by atoms with Crippen LogP contribution in [0.5, 0.6) is 0 Å². The highest BCUT2D eigenvalue weighted by Crippen LogP contribution is 2.40. The van der Waals surface area contributed by atoms with Crippen molar-refractivity contribution >= 4 is 11.5 Å². The van der Waals surface area contributed by atoms with Crippen molar-refractivity contribution in [2.24, 2.45) is 5.92 Å². The highest BCUT2D eigenvalue weighted by molar-refractivity contribution is 5.60. The molecule has 3 nitrogen and oxygen atoms in total. The fraction of sp³-hybridized carbons (Fsp3) is 0.615. The Bertz CT molecular complexity index is 517. The lowest BCUT2D eigenvalue weighted by molar-refractivity contribution is -0.179. The first kappa shape index (κ1) is 16.7. The first-order valence-electron chi connectivity index (χ1n) is 6.69. The average molecular weight is 327 g/mol. The third-order valence-electron chi connectivity index (χ3n) is 3.74. The summed E-state index contributed by atoms with van der Waals surface area (Å²) < 4.78 is 77.0. The van der Waals surface area contributed by atoms with Gasteiger partial charge in [-0.3, -0.25) is 0 Å². The van der Waals surface area contributed by atoms with Crippen molar-refractivity contribution in [3.63, 3.8) is 0 Å². The largest absolute Gasteiger partial charge is 0.419 e. The third-order valence-corrected chi connectivity index (χ3v) is 3.74. The van der Waals surface area contributed by atoms with Crippen molar-refractivity contribution in [3.8, 4) is 0 Å². The summed E-state index contributed by atoms with van der Waals surface area (Å²) in [7, 11) is 1.51. The van der Waals surface area contributed by atoms with E-state index in [-0.39, 0.29) is 37.4 Å². The molecule has 1 aliphatic rings. The minimum atomic E-state index is -4.60. The molecule has 1 N–H and O–H groups in total. The highest BCUT2D eigenvalue weighted by Gasteiger charge is 2.42. The number of anilines is 2. The van der Waals surface area contributed by atoms with E-state index in [2.05, 4.69) is 10.3 Å². The van der Waals surface area contributed by atoms with E-state index in [1.54, 1.807) is 0 Å². The third kappa shape index (κ3) is 3.56. The van der Waals surface area contributed by atoms with Crippen molar-refractivity contribution in [1.29, 1.82) is 0 Å². The van der Waals surface area contributed by atoms with Gasteiger partial charge in [-0.25, -0.2) is 4.98 Å². The normalized spacial score (nSPS) is 17.7. The molecule has 1 fully saturated rings. The molecule has 2 rings (SSSR count). The zero-order chi connectivity index (χ0) is 16.5. The molecule has 9 heteroatoms. The Labute approximate surface area is 123 Å². The van der Waals surface area contributed by atoms with Gasteiger partial charge < -0.3 is 10.2 Å². The summed E-state index contributed by atoms with van der Waals surface area (Å²) in [5.74, 6) is -1.22. The second kappa shape index (κ2) is 5.85. The minimum Gasteiger partial charge on any atom is -0.373 e. The van der Waals surface area contributed by atoms with Crippen LogP contribution in [0.3, 0.4) is 0 Å². The Morgan fingerprint density at radius 3 is 2.18 bits per heavy atom. The molecule has 0 aliphatic carbocycles. The van der Waals surface area contributed by atoms with Crippen LogP contribution in [0.4, 0.5) is 37.8 Å². The van der Waals surface area contributed by atoms with Crippen molar-refractivity contribution in [1.82, 2.24) is 4.98 Å². The summed E-state index contributed by atoms with van der Waals surface area (Å²) >= 11 is 0. The summed E-state index contributed by atoms with van der Waals surface area (Å²) in [6, 6.07) is 1.22. The van der Waals surface area contributed by atoms with Gasteiger partial charge >= 0.3 is 12.4 Å². The number of hydrogen-bond acceptors (Lipinski definition) is 3. The van der Waals surface area contributed by atoms with Crippen LogP contribution in [0.15, 0.2) is 12.3 Å². The molecular formula is C13H15F6N3. The molecule has 22 heavy (non-hydrogen) atoms. The van der Waals surface area contributed by atoms with E-state index >= 15 is 0 Å². The molecule has 1 saturated heterocycles. The van der Waals surface area contributed by atoms with Crippen molar-refractivity contribution < 1.29 is 26.3 Å². The number of halogens is 6. The molecule has 1 aromatic heterocycles. The second-order valence-corrected chi connectivity index (χ2v) is 5.14. The molecule has 1 aliphatic heterocycles. The van der Waals surface area contributed by atoms with Crippen LogP contribution < -0.4 is 10.2 Å². The Kier molecular flexibility index (Phi) is 4.44. The van der Waals surface area contributed by atoms with Gasteiger partial charge in [0.15, 0.2) is 0 Å². The maximum Gasteiger partial charge on any atom is 0.419 e. The molecule has 1 aromatic rings. The van der Waals surface area contributed by atoms with Gasteiger partial charge in [0.2, 0.25) is 0 Å². The van der Waals surface area contributed by atoms with E-state index in [1.165, 1.54) is 18.0 Å². The van der Waals surface area contributed by atoms with Crippen molar-refractivity contribution in [3.05, 3.63) is 17.8 Å². The van der Waals surface area contributed by atoms with E-state index in [0.29, 0.717) is 6.20 Å². The van der Waals surface area contributed by atoms with E-state index in [1.807, 2.05) is 0 Å². The fourth-order valence-corrected chi connectivity index (χ4v) is 2.51. The second-order valence-electron chi connectivity index (χ2n) is 5.14. The smallest absolute Gasteiger partial charge is 0.373 e. The van der Waals surface area contributed by atoms with Crippen LogP contribution in [-0.2, 0) is 6.18 Å². The molecular weight excluding hydrogens is 312 g/mol. The number of aromatic nitrogens is 1. The molecule has 0 spiro atoms. The molecule has 0 atom stereocenters. The number of nitrogens with zero attached hydrogens (tertiary/aromatic N) is 2. The van der Waals surface area contributed by atoms with Gasteiger partial charge in [-0.2, -0.15) is 26.3 Å². The maximum atomic E-state index is 13.0. The van der Waals surface area contributed by atoms with Gasteiger partial charge in [-0.1, -0.05) is 0 Å². The number of piperidine rings is 1. The number of alkyl halides is 6. The summed E-state index contributed by atoms with van der Waals surface area (Å²) in [4.78, 5) is 4.98. The van der Waals surface area contributed by atoms with Gasteiger partial charge in [0, 0.05) is 32.4 Å². The first-order valence-corrected chi connectivity index (χ1v) is 6.69. The predicted molar refractivity (Wildman–Crippen MR) is 69.8 cm³/mol. The summed E-state index contributed by atoms with van der Waals surface area (Å²) in [5, 5.41) is 2.63. The van der Waals surface area contributed by atoms with Gasteiger partial charge in [-0.05, 0) is 12.8 Å². The van der Waals surface area contributed by atoms with Crippen LogP contribution in [-0.4, -0.2) is 31.3 Å². The number of hydrogen-bond donors (Lipinski definition) is 1. The Hall–Kier alpha value is -1.67. The number of nitrogens with one attached hydrogen (secondary N) is 1. The van der Waals surface area contributed by atoms with Crippen molar-refractivity contribution in [2.75, 3.05) is 30.4 Å². The minimum absolute atomic E-state index is 0.0690. The molecule has 0 saturated carbocycles. The monoisotopic (exact) mass is 327 g/mol. The molecule has 0 bridgehead atoms. The molecule has 0 aromatic carbocycles. The predicted octanol–water partition coefficient (Wildman–Crippen LogP) is 3.92. The summed E-state index contributed by atoms with van der Waals surface area (Å²) in [5.41, 5.74) is -1.07. The van der Waals surface area contributed by atoms with Crippen LogP contribution in [0.25, 0.3) is 0 Å². The Morgan fingerprint density at radius 1 is 1.14 bits per heavy atom. The average Bonchev–Trinajstić information content (AvgIpc) is 2.45. The quantitative estimate of drug-likeness (QED) is 0.835. The van der Waals surface area contributed by atoms with E-state index in [0.717, 1.165) is 0 Å². The van der Waals surface area contributed by atoms with Crippen LogP contribution in [0, 0.1) is 5.92 Å². The summed E-state index contributed by atoms with van der Waals surface area (Å²) in [6.07, 6.45) is -8.62. The van der Waals surface area contributed by atoms with Crippen LogP contribution in [0.1, 0.15) is 18.4 Å². The first-order chi connectivity index (χ1) is 10.1. The van der Waals surface area contributed by atoms with Crippen molar-refractivity contribution in [2.45, 2.75) is 25.2 Å². The lowest BCUT2D eigenvalue weighted by Crippen LogP contribution is -2.39. The van der Waals surface area contributed by atoms with Crippen LogP contribution >= 0.6 is 0 Å². The van der Waals surface area contributed by atoms with Crippen LogP contribution in [0.2, 0.25) is 0 Å². The zero-order valence-corrected chi connectivity index (χ0v) is 11.7. The molecule has 2 heterocycles. The maximum absolute atomic E-state index is 13.0. The molecule has 0 amide bonds. The van der Waals surface area contributed by atoms with E-state index in [4.69, 9.17) is 0 Å². The summed E-state index contributed by atoms with van der Waals surface area (Å²) in [6.45, 7) is -0.138. The standard InChI is InChI=1S/C13H15F6N3/c1-20-11-6-10(9(7-21-11)13(17,18)19)22-4-2-8(3-5-22)12(14,15)16/h6-8H,2-5H2,1H3,(H,20,21). The Balaban J connectivity index is 2.25. The lowest BCUT2D eigenvalue weighted by atomic mass is 9.95. The topological polar surface area (TPSA) is 28.2 Å². The lowest BCUT2D eigenvalue weighted by Gasteiger charge is -2.35. The van der Waals surface area contributed by atoms with E-state index < -0.39 is 23.8 Å².